The van der Waals surface area contributed by atoms with Crippen molar-refractivity contribution in [2.75, 3.05) is 11.9 Å². The molecule has 0 atom stereocenters. The second-order valence-electron chi connectivity index (χ2n) is 5.08. The molecule has 0 fully saturated rings. The Kier molecular flexibility index (Phi) is 3.11. The summed E-state index contributed by atoms with van der Waals surface area (Å²) in [6.07, 6.45) is 2.31. The molecule has 16 heavy (non-hydrogen) atoms. The van der Waals surface area contributed by atoms with Crippen LogP contribution in [0.5, 0.6) is 5.75 Å². The second-order valence-corrected chi connectivity index (χ2v) is 5.64. The van der Waals surface area contributed by atoms with Crippen molar-refractivity contribution in [2.45, 2.75) is 20.8 Å². The van der Waals surface area contributed by atoms with Gasteiger partial charge in [0.2, 0.25) is 0 Å². The molecule has 86 valence electrons. The van der Waals surface area contributed by atoms with Crippen LogP contribution >= 0.6 is 15.9 Å². The van der Waals surface area contributed by atoms with E-state index in [2.05, 4.69) is 61.0 Å². The molecule has 1 aliphatic heterocycles. The van der Waals surface area contributed by atoms with Crippen LogP contribution in [0.1, 0.15) is 25.0 Å². The molecule has 0 amide bonds. The zero-order valence-corrected chi connectivity index (χ0v) is 11.6. The van der Waals surface area contributed by atoms with Gasteiger partial charge in [-0.15, -0.1) is 0 Å². The summed E-state index contributed by atoms with van der Waals surface area (Å²) in [4.78, 5) is 0. The first-order valence-corrected chi connectivity index (χ1v) is 6.65. The van der Waals surface area contributed by atoms with E-state index < -0.39 is 0 Å². The second kappa shape index (κ2) is 4.25. The summed E-state index contributed by atoms with van der Waals surface area (Å²) in [5.74, 6) is 1.00. The van der Waals surface area contributed by atoms with Crippen LogP contribution in [0.2, 0.25) is 0 Å². The van der Waals surface area contributed by atoms with Crippen LogP contribution in [0, 0.1) is 12.3 Å². The number of fused-ring (bicyclic) bond motifs is 1. The van der Waals surface area contributed by atoms with Crippen molar-refractivity contribution in [1.29, 1.82) is 0 Å². The van der Waals surface area contributed by atoms with Gasteiger partial charge in [-0.2, -0.15) is 0 Å². The third kappa shape index (κ3) is 2.32. The van der Waals surface area contributed by atoms with Crippen LogP contribution in [0.25, 0.3) is 5.57 Å². The van der Waals surface area contributed by atoms with Gasteiger partial charge < -0.3 is 4.74 Å². The standard InChI is InChI=1S/C14H17BrO/c1-10-4-5-13-12(6-10)11(8-15)7-14(2,3)9-16-13/h4-7H,8-9H2,1-3H3. The molecule has 2 rings (SSSR count). The van der Waals surface area contributed by atoms with E-state index in [0.717, 1.165) is 17.7 Å². The molecule has 0 N–H and O–H groups in total. The van der Waals surface area contributed by atoms with E-state index >= 15 is 0 Å². The molecule has 1 nitrogen and oxygen atoms in total. The highest BCUT2D eigenvalue weighted by atomic mass is 79.9. The fourth-order valence-corrected chi connectivity index (χ4v) is 2.45. The van der Waals surface area contributed by atoms with Crippen molar-refractivity contribution < 1.29 is 4.74 Å². The lowest BCUT2D eigenvalue weighted by molar-refractivity contribution is 0.225. The first-order chi connectivity index (χ1) is 7.52. The lowest BCUT2D eigenvalue weighted by Gasteiger charge is -2.18. The quantitative estimate of drug-likeness (QED) is 0.701. The minimum atomic E-state index is 0.0933. The molecule has 0 saturated carbocycles. The Hall–Kier alpha value is -0.760. The molecule has 0 aliphatic carbocycles. The molecular formula is C14H17BrO. The maximum absolute atomic E-state index is 5.88. The predicted molar refractivity (Wildman–Crippen MR) is 72.2 cm³/mol. The van der Waals surface area contributed by atoms with Crippen molar-refractivity contribution in [3.63, 3.8) is 0 Å². The van der Waals surface area contributed by atoms with Crippen LogP contribution in [0.4, 0.5) is 0 Å². The predicted octanol–water partition coefficient (Wildman–Crippen LogP) is 4.19. The van der Waals surface area contributed by atoms with E-state index in [1.807, 2.05) is 0 Å². The minimum absolute atomic E-state index is 0.0933. The Labute approximate surface area is 106 Å². The number of hydrogen-bond donors (Lipinski definition) is 0. The summed E-state index contributed by atoms with van der Waals surface area (Å²) in [6, 6.07) is 6.37. The van der Waals surface area contributed by atoms with Crippen molar-refractivity contribution >= 4 is 21.5 Å². The number of halogens is 1. The smallest absolute Gasteiger partial charge is 0.126 e. The summed E-state index contributed by atoms with van der Waals surface area (Å²) in [7, 11) is 0. The van der Waals surface area contributed by atoms with E-state index in [-0.39, 0.29) is 5.41 Å². The average molecular weight is 281 g/mol. The van der Waals surface area contributed by atoms with Gasteiger partial charge in [0, 0.05) is 16.3 Å². The van der Waals surface area contributed by atoms with Crippen LogP contribution in [-0.2, 0) is 0 Å². The third-order valence-corrected chi connectivity index (χ3v) is 3.39. The molecule has 0 spiro atoms. The van der Waals surface area contributed by atoms with Gasteiger partial charge in [-0.3, -0.25) is 0 Å². The minimum Gasteiger partial charge on any atom is -0.492 e. The van der Waals surface area contributed by atoms with Crippen LogP contribution in [-0.4, -0.2) is 11.9 Å². The Morgan fingerprint density at radius 1 is 1.38 bits per heavy atom. The van der Waals surface area contributed by atoms with Crippen molar-refractivity contribution in [3.8, 4) is 5.75 Å². The highest BCUT2D eigenvalue weighted by molar-refractivity contribution is 9.09. The first kappa shape index (κ1) is 11.7. The summed E-state index contributed by atoms with van der Waals surface area (Å²) in [5.41, 5.74) is 3.91. The topological polar surface area (TPSA) is 9.23 Å². The van der Waals surface area contributed by atoms with Crippen LogP contribution in [0.15, 0.2) is 24.3 Å². The summed E-state index contributed by atoms with van der Waals surface area (Å²) >= 11 is 3.57. The Bertz CT molecular complexity index is 432. The van der Waals surface area contributed by atoms with E-state index in [4.69, 9.17) is 4.74 Å². The Morgan fingerprint density at radius 2 is 2.12 bits per heavy atom. The molecule has 1 aliphatic rings. The highest BCUT2D eigenvalue weighted by Gasteiger charge is 2.23. The van der Waals surface area contributed by atoms with Crippen LogP contribution < -0.4 is 4.74 Å². The van der Waals surface area contributed by atoms with E-state index in [9.17, 15) is 0 Å². The molecule has 0 saturated heterocycles. The van der Waals surface area contributed by atoms with Gasteiger partial charge in [0.05, 0.1) is 6.61 Å². The van der Waals surface area contributed by atoms with Gasteiger partial charge in [0.25, 0.3) is 0 Å². The van der Waals surface area contributed by atoms with Crippen LogP contribution in [0.3, 0.4) is 0 Å². The van der Waals surface area contributed by atoms with Gasteiger partial charge in [0.15, 0.2) is 0 Å². The Balaban J connectivity index is 2.55. The SMILES string of the molecule is Cc1ccc2c(c1)C(CBr)=CC(C)(C)CO2. The van der Waals surface area contributed by atoms with E-state index in [1.165, 1.54) is 16.7 Å². The Morgan fingerprint density at radius 3 is 2.81 bits per heavy atom. The van der Waals surface area contributed by atoms with E-state index in [0.29, 0.717) is 0 Å². The highest BCUT2D eigenvalue weighted by Crippen LogP contribution is 2.36. The lowest BCUT2D eigenvalue weighted by atomic mass is 9.91. The number of hydrogen-bond acceptors (Lipinski definition) is 1. The zero-order chi connectivity index (χ0) is 11.8. The largest absolute Gasteiger partial charge is 0.492 e. The number of rotatable bonds is 1. The monoisotopic (exact) mass is 280 g/mol. The van der Waals surface area contributed by atoms with Gasteiger partial charge in [-0.25, -0.2) is 0 Å². The summed E-state index contributed by atoms with van der Waals surface area (Å²) in [6.45, 7) is 7.25. The fraction of sp³-hybridized carbons (Fsp3) is 0.429. The number of alkyl halides is 1. The van der Waals surface area contributed by atoms with Gasteiger partial charge in [-0.1, -0.05) is 47.5 Å². The number of aryl methyl sites for hydroxylation is 1. The normalized spacial score (nSPS) is 18.1. The lowest BCUT2D eigenvalue weighted by Crippen LogP contribution is -2.17. The molecule has 0 bridgehead atoms. The summed E-state index contributed by atoms with van der Waals surface area (Å²) < 4.78 is 5.88. The first-order valence-electron chi connectivity index (χ1n) is 5.53. The van der Waals surface area contributed by atoms with Crippen molar-refractivity contribution in [3.05, 3.63) is 35.4 Å². The molecule has 0 aromatic heterocycles. The molecule has 0 radical (unpaired) electrons. The van der Waals surface area contributed by atoms with Gasteiger partial charge >= 0.3 is 0 Å². The fourth-order valence-electron chi connectivity index (χ4n) is 1.99. The summed E-state index contributed by atoms with van der Waals surface area (Å²) in [5, 5.41) is 0.871. The molecule has 1 heterocycles. The number of ether oxygens (including phenoxy) is 1. The number of benzene rings is 1. The van der Waals surface area contributed by atoms with Crippen molar-refractivity contribution in [2.24, 2.45) is 5.41 Å². The zero-order valence-electron chi connectivity index (χ0n) is 10.0. The maximum atomic E-state index is 5.88. The van der Waals surface area contributed by atoms with E-state index in [1.54, 1.807) is 0 Å². The molecule has 0 unspecified atom stereocenters. The van der Waals surface area contributed by atoms with Gasteiger partial charge in [-0.05, 0) is 24.6 Å². The molecule has 2 heteroatoms. The van der Waals surface area contributed by atoms with Gasteiger partial charge in [0.1, 0.15) is 5.75 Å². The third-order valence-electron chi connectivity index (χ3n) is 2.79. The number of allylic oxidation sites excluding steroid dienone is 1. The molecule has 1 aromatic carbocycles. The molecular weight excluding hydrogens is 264 g/mol. The molecule has 1 aromatic rings. The van der Waals surface area contributed by atoms with Crippen molar-refractivity contribution in [1.82, 2.24) is 0 Å². The average Bonchev–Trinajstić information content (AvgIpc) is 2.36. The maximum Gasteiger partial charge on any atom is 0.126 e.